The molecule has 0 unspecified atom stereocenters. The minimum atomic E-state index is -0.952. The van der Waals surface area contributed by atoms with Crippen molar-refractivity contribution in [3.05, 3.63) is 0 Å². The fraction of sp³-hybridized carbons (Fsp3) is 0.815. The van der Waals surface area contributed by atoms with E-state index in [-0.39, 0.29) is 24.3 Å². The smallest absolute Gasteiger partial charge is 0.318 e. The van der Waals surface area contributed by atoms with Crippen LogP contribution in [0.5, 0.6) is 0 Å². The maximum absolute atomic E-state index is 13.3. The predicted molar refractivity (Wildman–Crippen MR) is 139 cm³/mol. The minimum Gasteiger partial charge on any atom is -0.465 e. The highest BCUT2D eigenvalue weighted by Gasteiger charge is 2.41. The molecular weight excluding hydrogens is 476 g/mol. The lowest BCUT2D eigenvalue weighted by molar-refractivity contribution is -0.154. The summed E-state index contributed by atoms with van der Waals surface area (Å²) in [7, 11) is 0. The topological polar surface area (TPSA) is 148 Å². The van der Waals surface area contributed by atoms with Gasteiger partial charge in [-0.05, 0) is 44.4 Å². The van der Waals surface area contributed by atoms with Crippen LogP contribution in [0.15, 0.2) is 0 Å². The van der Waals surface area contributed by atoms with Gasteiger partial charge in [0.05, 0.1) is 6.61 Å². The van der Waals surface area contributed by atoms with Gasteiger partial charge in [0.1, 0.15) is 24.0 Å². The molecule has 1 heterocycles. The number of nitrogens with zero attached hydrogens (tertiary/aromatic N) is 1. The second-order valence-electron chi connectivity index (χ2n) is 10.8. The normalized spacial score (nSPS) is 20.8. The average molecular weight is 523 g/mol. The monoisotopic (exact) mass is 522 g/mol. The van der Waals surface area contributed by atoms with Crippen LogP contribution < -0.4 is 16.4 Å². The summed E-state index contributed by atoms with van der Waals surface area (Å²) in [5, 5.41) is 5.49. The van der Waals surface area contributed by atoms with Crippen molar-refractivity contribution in [1.82, 2.24) is 15.5 Å². The summed E-state index contributed by atoms with van der Waals surface area (Å²) >= 11 is 0. The standard InChI is InChI=1S/C27H46N4O6/c1-5-10-22(25(34)30-21(23(28)32)15-17(3)4)31-14-13-20(26(31)35)29-24(33)19(27(36)37-6-2)16-18-11-8-7-9-12-18/h17-22H,5-16H2,1-4H3,(H2,28,32)(H,29,33)(H,30,34)/t19-,20-,21-,22-/m0/s1. The van der Waals surface area contributed by atoms with E-state index >= 15 is 0 Å². The van der Waals surface area contributed by atoms with Crippen LogP contribution in [0.2, 0.25) is 0 Å². The van der Waals surface area contributed by atoms with E-state index in [4.69, 9.17) is 10.5 Å². The van der Waals surface area contributed by atoms with Crippen LogP contribution in [0.3, 0.4) is 0 Å². The van der Waals surface area contributed by atoms with Gasteiger partial charge in [-0.1, -0.05) is 59.3 Å². The van der Waals surface area contributed by atoms with E-state index in [2.05, 4.69) is 10.6 Å². The van der Waals surface area contributed by atoms with Gasteiger partial charge in [0.25, 0.3) is 0 Å². The van der Waals surface area contributed by atoms with E-state index < -0.39 is 47.7 Å². The summed E-state index contributed by atoms with van der Waals surface area (Å²) < 4.78 is 5.18. The van der Waals surface area contributed by atoms with Gasteiger partial charge in [0.2, 0.25) is 23.6 Å². The lowest BCUT2D eigenvalue weighted by Gasteiger charge is -2.29. The molecule has 4 N–H and O–H groups in total. The molecule has 1 saturated carbocycles. The molecular formula is C27H46N4O6. The Morgan fingerprint density at radius 3 is 2.30 bits per heavy atom. The van der Waals surface area contributed by atoms with Crippen LogP contribution in [0, 0.1) is 17.8 Å². The quantitative estimate of drug-likeness (QED) is 0.235. The molecule has 37 heavy (non-hydrogen) atoms. The van der Waals surface area contributed by atoms with Gasteiger partial charge >= 0.3 is 5.97 Å². The van der Waals surface area contributed by atoms with Crippen LogP contribution in [-0.2, 0) is 28.7 Å². The molecule has 10 heteroatoms. The molecule has 2 rings (SSSR count). The molecule has 1 aliphatic carbocycles. The molecule has 0 bridgehead atoms. The third-order valence-electron chi connectivity index (χ3n) is 7.35. The number of amides is 4. The number of carbonyl (C=O) groups excluding carboxylic acids is 5. The Labute approximate surface area is 220 Å². The van der Waals surface area contributed by atoms with Crippen molar-refractivity contribution >= 4 is 29.6 Å². The van der Waals surface area contributed by atoms with Crippen molar-refractivity contribution in [2.75, 3.05) is 13.2 Å². The van der Waals surface area contributed by atoms with Crippen LogP contribution >= 0.6 is 0 Å². The second kappa shape index (κ2) is 14.9. The molecule has 4 atom stereocenters. The van der Waals surface area contributed by atoms with Crippen LogP contribution in [-0.4, -0.2) is 65.8 Å². The molecule has 10 nitrogen and oxygen atoms in total. The van der Waals surface area contributed by atoms with Gasteiger partial charge in [0, 0.05) is 6.54 Å². The molecule has 210 valence electrons. The second-order valence-corrected chi connectivity index (χ2v) is 10.8. The van der Waals surface area contributed by atoms with Gasteiger partial charge in [-0.15, -0.1) is 0 Å². The van der Waals surface area contributed by atoms with Gasteiger partial charge in [-0.2, -0.15) is 0 Å². The van der Waals surface area contributed by atoms with Crippen molar-refractivity contribution < 1.29 is 28.7 Å². The summed E-state index contributed by atoms with van der Waals surface area (Å²) in [6.07, 6.45) is 7.54. The van der Waals surface area contributed by atoms with E-state index in [1.165, 1.54) is 11.3 Å². The molecule has 0 aromatic heterocycles. The number of esters is 1. The molecule has 1 aliphatic heterocycles. The van der Waals surface area contributed by atoms with Gasteiger partial charge < -0.3 is 26.0 Å². The van der Waals surface area contributed by atoms with Crippen molar-refractivity contribution in [2.24, 2.45) is 23.5 Å². The first kappa shape index (κ1) is 30.6. The Bertz CT molecular complexity index is 811. The van der Waals surface area contributed by atoms with E-state index in [9.17, 15) is 24.0 Å². The maximum Gasteiger partial charge on any atom is 0.318 e. The minimum absolute atomic E-state index is 0.149. The first-order chi connectivity index (χ1) is 17.6. The zero-order valence-corrected chi connectivity index (χ0v) is 22.9. The fourth-order valence-corrected chi connectivity index (χ4v) is 5.41. The Balaban J connectivity index is 2.08. The lowest BCUT2D eigenvalue weighted by atomic mass is 9.82. The summed E-state index contributed by atoms with van der Waals surface area (Å²) in [4.78, 5) is 65.5. The van der Waals surface area contributed by atoms with Crippen LogP contribution in [0.25, 0.3) is 0 Å². The first-order valence-electron chi connectivity index (χ1n) is 14.0. The van der Waals surface area contributed by atoms with Crippen LogP contribution in [0.1, 0.15) is 91.9 Å². The average Bonchev–Trinajstić information content (AvgIpc) is 3.20. The number of hydrogen-bond donors (Lipinski definition) is 3. The number of nitrogens with one attached hydrogen (secondary N) is 2. The van der Waals surface area contributed by atoms with E-state index in [1.54, 1.807) is 6.92 Å². The SMILES string of the molecule is CCC[C@@H](C(=O)N[C@@H](CC(C)C)C(N)=O)N1CC[C@H](NC(=O)[C@H](CC2CCCCC2)C(=O)OCC)C1=O. The first-order valence-corrected chi connectivity index (χ1v) is 14.0. The predicted octanol–water partition coefficient (Wildman–Crippen LogP) is 2.04. The van der Waals surface area contributed by atoms with Gasteiger partial charge in [-0.3, -0.25) is 24.0 Å². The number of carbonyl (C=O) groups is 5. The molecule has 1 saturated heterocycles. The molecule has 0 spiro atoms. The molecule has 2 aliphatic rings. The van der Waals surface area contributed by atoms with Crippen LogP contribution in [0.4, 0.5) is 0 Å². The lowest BCUT2D eigenvalue weighted by Crippen LogP contribution is -2.55. The van der Waals surface area contributed by atoms with E-state index in [0.717, 1.165) is 25.7 Å². The molecule has 0 aromatic carbocycles. The molecule has 4 amide bonds. The van der Waals surface area contributed by atoms with Crippen molar-refractivity contribution in [3.8, 4) is 0 Å². The fourth-order valence-electron chi connectivity index (χ4n) is 5.41. The highest BCUT2D eigenvalue weighted by atomic mass is 16.5. The molecule has 0 aromatic rings. The van der Waals surface area contributed by atoms with Crippen molar-refractivity contribution in [2.45, 2.75) is 110 Å². The summed E-state index contributed by atoms with van der Waals surface area (Å²) in [5.74, 6) is -2.96. The number of likely N-dealkylation sites (tertiary alicyclic amines) is 1. The number of primary amides is 1. The number of nitrogens with two attached hydrogens (primary N) is 1. The number of rotatable bonds is 14. The summed E-state index contributed by atoms with van der Waals surface area (Å²) in [6.45, 7) is 7.95. The van der Waals surface area contributed by atoms with Gasteiger partial charge in [-0.25, -0.2) is 0 Å². The zero-order chi connectivity index (χ0) is 27.5. The third kappa shape index (κ3) is 9.00. The largest absolute Gasteiger partial charge is 0.465 e. The van der Waals surface area contributed by atoms with E-state index in [0.29, 0.717) is 38.6 Å². The third-order valence-corrected chi connectivity index (χ3v) is 7.35. The Morgan fingerprint density at radius 1 is 1.05 bits per heavy atom. The van der Waals surface area contributed by atoms with E-state index in [1.807, 2.05) is 20.8 Å². The Hall–Kier alpha value is -2.65. The summed E-state index contributed by atoms with van der Waals surface area (Å²) in [6, 6.07) is -2.40. The highest BCUT2D eigenvalue weighted by Crippen LogP contribution is 2.30. The van der Waals surface area contributed by atoms with Crippen molar-refractivity contribution in [1.29, 1.82) is 0 Å². The maximum atomic E-state index is 13.3. The number of hydrogen-bond acceptors (Lipinski definition) is 6. The molecule has 2 fully saturated rings. The summed E-state index contributed by atoms with van der Waals surface area (Å²) in [5.41, 5.74) is 5.49. The Kier molecular flexibility index (Phi) is 12.3. The molecule has 0 radical (unpaired) electrons. The zero-order valence-electron chi connectivity index (χ0n) is 22.9. The van der Waals surface area contributed by atoms with Crippen molar-refractivity contribution in [3.63, 3.8) is 0 Å². The highest BCUT2D eigenvalue weighted by molar-refractivity contribution is 6.00. The van der Waals surface area contributed by atoms with Gasteiger partial charge in [0.15, 0.2) is 0 Å². The Morgan fingerprint density at radius 2 is 1.73 bits per heavy atom. The number of ether oxygens (including phenoxy) is 1.